The van der Waals surface area contributed by atoms with Gasteiger partial charge in [0.25, 0.3) is 11.5 Å². The normalized spacial score (nSPS) is 17.6. The summed E-state index contributed by atoms with van der Waals surface area (Å²) in [7, 11) is 0. The van der Waals surface area contributed by atoms with Gasteiger partial charge in [-0.3, -0.25) is 18.9 Å². The number of carbonyl (C=O) groups is 1. The van der Waals surface area contributed by atoms with E-state index in [9.17, 15) is 9.59 Å². The Balaban J connectivity index is 1.26. The molecule has 2 aliphatic heterocycles. The number of fused-ring (bicyclic) bond motifs is 1. The number of benzene rings is 1. The number of carbonyl (C=O) groups excluding carboxylic acids is 1. The van der Waals surface area contributed by atoms with Crippen LogP contribution in [-0.4, -0.2) is 64.4 Å². The largest absolute Gasteiger partial charge is 0.371 e. The van der Waals surface area contributed by atoms with Crippen LogP contribution in [0.2, 0.25) is 0 Å². The fourth-order valence-electron chi connectivity index (χ4n) is 4.53. The number of piperazine rings is 1. The third-order valence-electron chi connectivity index (χ3n) is 6.23. The first kappa shape index (κ1) is 20.2. The molecule has 0 saturated carbocycles. The van der Waals surface area contributed by atoms with Crippen LogP contribution >= 0.6 is 11.3 Å². The van der Waals surface area contributed by atoms with Crippen molar-refractivity contribution in [2.75, 3.05) is 44.2 Å². The molecule has 0 spiro atoms. The second-order valence-corrected chi connectivity index (χ2v) is 9.30. The average Bonchev–Trinajstić information content (AvgIpc) is 3.46. The van der Waals surface area contributed by atoms with Crippen molar-refractivity contribution in [1.82, 2.24) is 19.2 Å². The van der Waals surface area contributed by atoms with Gasteiger partial charge in [-0.1, -0.05) is 11.6 Å². The summed E-state index contributed by atoms with van der Waals surface area (Å²) in [5.41, 5.74) is 3.77. The van der Waals surface area contributed by atoms with Crippen LogP contribution in [0.4, 0.5) is 5.69 Å². The lowest BCUT2D eigenvalue weighted by molar-refractivity contribution is 0.0627. The molecule has 7 nitrogen and oxygen atoms in total. The highest BCUT2D eigenvalue weighted by Crippen LogP contribution is 2.27. The summed E-state index contributed by atoms with van der Waals surface area (Å²) in [6, 6.07) is 7.86. The number of aromatic nitrogens is 2. The smallest absolute Gasteiger partial charge is 0.258 e. The van der Waals surface area contributed by atoms with E-state index in [1.807, 2.05) is 23.3 Å². The van der Waals surface area contributed by atoms with Crippen molar-refractivity contribution in [2.24, 2.45) is 0 Å². The van der Waals surface area contributed by atoms with Gasteiger partial charge in [-0.15, -0.1) is 11.3 Å². The number of thiazole rings is 1. The Morgan fingerprint density at radius 1 is 1.06 bits per heavy atom. The quantitative estimate of drug-likeness (QED) is 0.628. The zero-order valence-corrected chi connectivity index (χ0v) is 18.6. The summed E-state index contributed by atoms with van der Waals surface area (Å²) in [6.07, 6.45) is 4.13. The molecule has 2 fully saturated rings. The van der Waals surface area contributed by atoms with Crippen LogP contribution in [0.5, 0.6) is 0 Å². The number of anilines is 1. The van der Waals surface area contributed by atoms with Gasteiger partial charge in [-0.2, -0.15) is 0 Å². The van der Waals surface area contributed by atoms with Gasteiger partial charge in [0, 0.05) is 69.1 Å². The van der Waals surface area contributed by atoms with Crippen LogP contribution in [0.1, 0.15) is 34.5 Å². The second kappa shape index (κ2) is 8.43. The number of nitrogens with zero attached hydrogens (tertiary/aromatic N) is 5. The van der Waals surface area contributed by atoms with E-state index in [1.165, 1.54) is 24.2 Å². The van der Waals surface area contributed by atoms with E-state index < -0.39 is 0 Å². The van der Waals surface area contributed by atoms with Crippen molar-refractivity contribution in [1.29, 1.82) is 0 Å². The highest BCUT2D eigenvalue weighted by Gasteiger charge is 2.26. The zero-order valence-electron chi connectivity index (χ0n) is 17.8. The van der Waals surface area contributed by atoms with E-state index >= 15 is 0 Å². The van der Waals surface area contributed by atoms with E-state index in [-0.39, 0.29) is 11.5 Å². The maximum absolute atomic E-state index is 13.4. The minimum Gasteiger partial charge on any atom is -0.371 e. The van der Waals surface area contributed by atoms with Gasteiger partial charge in [-0.25, -0.2) is 4.98 Å². The molecular weight excluding hydrogens is 410 g/mol. The molecule has 2 saturated heterocycles. The fourth-order valence-corrected chi connectivity index (χ4v) is 5.27. The molecule has 3 aromatic rings. The SMILES string of the molecule is Cc1ccc(N2CCCC2)c(C(=O)N2CCN(Cc3cc(=O)n4ccsc4n3)CC2)c1. The molecule has 5 rings (SSSR count). The van der Waals surface area contributed by atoms with Crippen LogP contribution in [0.25, 0.3) is 4.96 Å². The molecule has 8 heteroatoms. The monoisotopic (exact) mass is 437 g/mol. The molecule has 1 aromatic carbocycles. The van der Waals surface area contributed by atoms with Crippen molar-refractivity contribution in [2.45, 2.75) is 26.3 Å². The molecule has 2 aliphatic rings. The third kappa shape index (κ3) is 4.09. The summed E-state index contributed by atoms with van der Waals surface area (Å²) in [5.74, 6) is 0.127. The van der Waals surface area contributed by atoms with Gasteiger partial charge in [0.15, 0.2) is 4.96 Å². The number of hydrogen-bond donors (Lipinski definition) is 0. The first-order valence-corrected chi connectivity index (χ1v) is 11.8. The zero-order chi connectivity index (χ0) is 21.4. The standard InChI is InChI=1S/C23H27N5O2S/c1-17-4-5-20(26-6-2-3-7-26)19(14-17)22(30)27-10-8-25(9-11-27)16-18-15-21(29)28-12-13-31-23(28)24-18/h4-5,12-15H,2-3,6-11,16H2,1H3. The van der Waals surface area contributed by atoms with Crippen LogP contribution in [0.3, 0.4) is 0 Å². The highest BCUT2D eigenvalue weighted by molar-refractivity contribution is 7.15. The Morgan fingerprint density at radius 2 is 1.84 bits per heavy atom. The van der Waals surface area contributed by atoms with E-state index in [0.29, 0.717) is 19.6 Å². The molecule has 162 valence electrons. The molecule has 31 heavy (non-hydrogen) atoms. The van der Waals surface area contributed by atoms with Gasteiger partial charge in [-0.05, 0) is 31.9 Å². The molecule has 4 heterocycles. The summed E-state index contributed by atoms with van der Waals surface area (Å²) < 4.78 is 1.57. The summed E-state index contributed by atoms with van der Waals surface area (Å²) in [4.78, 5) is 37.5. The lowest BCUT2D eigenvalue weighted by atomic mass is 10.1. The first-order valence-electron chi connectivity index (χ1n) is 10.9. The van der Waals surface area contributed by atoms with Gasteiger partial charge >= 0.3 is 0 Å². The number of aryl methyl sites for hydroxylation is 1. The molecule has 0 atom stereocenters. The average molecular weight is 438 g/mol. The van der Waals surface area contributed by atoms with E-state index in [0.717, 1.165) is 53.6 Å². The fraction of sp³-hybridized carbons (Fsp3) is 0.435. The first-order chi connectivity index (χ1) is 15.1. The summed E-state index contributed by atoms with van der Waals surface area (Å²) >= 11 is 1.47. The second-order valence-electron chi connectivity index (χ2n) is 8.42. The Bertz CT molecular complexity index is 1160. The Hall–Kier alpha value is -2.71. The highest BCUT2D eigenvalue weighted by atomic mass is 32.1. The molecule has 0 bridgehead atoms. The molecule has 2 aromatic heterocycles. The summed E-state index contributed by atoms with van der Waals surface area (Å²) in [5, 5.41) is 1.87. The molecule has 0 radical (unpaired) electrons. The van der Waals surface area contributed by atoms with E-state index in [2.05, 4.69) is 26.9 Å². The minimum absolute atomic E-state index is 0.0380. The van der Waals surface area contributed by atoms with Gasteiger partial charge in [0.1, 0.15) is 0 Å². The maximum Gasteiger partial charge on any atom is 0.258 e. The lowest BCUT2D eigenvalue weighted by Crippen LogP contribution is -2.48. The van der Waals surface area contributed by atoms with Crippen LogP contribution in [0.15, 0.2) is 40.6 Å². The number of rotatable bonds is 4. The predicted octanol–water partition coefficient (Wildman–Crippen LogP) is 2.62. The Kier molecular flexibility index (Phi) is 5.50. The lowest BCUT2D eigenvalue weighted by Gasteiger charge is -2.35. The van der Waals surface area contributed by atoms with E-state index in [4.69, 9.17) is 0 Å². The Morgan fingerprint density at radius 3 is 2.61 bits per heavy atom. The van der Waals surface area contributed by atoms with Crippen LogP contribution < -0.4 is 10.5 Å². The summed E-state index contributed by atoms with van der Waals surface area (Å²) in [6.45, 7) is 7.66. The van der Waals surface area contributed by atoms with Crippen LogP contribution in [-0.2, 0) is 6.54 Å². The van der Waals surface area contributed by atoms with E-state index in [1.54, 1.807) is 16.7 Å². The number of amides is 1. The van der Waals surface area contributed by atoms with Gasteiger partial charge in [0.2, 0.25) is 0 Å². The number of hydrogen-bond acceptors (Lipinski definition) is 6. The Labute approximate surface area is 185 Å². The maximum atomic E-state index is 13.4. The molecule has 0 N–H and O–H groups in total. The van der Waals surface area contributed by atoms with Crippen molar-refractivity contribution in [3.05, 3.63) is 63.0 Å². The molecular formula is C23H27N5O2S. The van der Waals surface area contributed by atoms with Gasteiger partial charge < -0.3 is 9.80 Å². The van der Waals surface area contributed by atoms with Crippen molar-refractivity contribution in [3.8, 4) is 0 Å². The van der Waals surface area contributed by atoms with Gasteiger partial charge in [0.05, 0.1) is 11.3 Å². The predicted molar refractivity (Wildman–Crippen MR) is 123 cm³/mol. The molecule has 0 unspecified atom stereocenters. The van der Waals surface area contributed by atoms with Crippen molar-refractivity contribution in [3.63, 3.8) is 0 Å². The minimum atomic E-state index is -0.0380. The topological polar surface area (TPSA) is 61.2 Å². The van der Waals surface area contributed by atoms with Crippen molar-refractivity contribution >= 4 is 27.9 Å². The van der Waals surface area contributed by atoms with Crippen LogP contribution in [0, 0.1) is 6.92 Å². The molecule has 0 aliphatic carbocycles. The van der Waals surface area contributed by atoms with Crippen molar-refractivity contribution < 1.29 is 4.79 Å². The third-order valence-corrected chi connectivity index (χ3v) is 6.99. The molecule has 1 amide bonds.